The first-order chi connectivity index (χ1) is 8.18. The molecule has 92 valence electrons. The minimum atomic E-state index is -0.836. The van der Waals surface area contributed by atoms with Gasteiger partial charge in [0.25, 0.3) is 0 Å². The molecule has 1 N–H and O–H groups in total. The second-order valence-corrected chi connectivity index (χ2v) is 4.98. The van der Waals surface area contributed by atoms with E-state index < -0.39 is 12.0 Å². The molecule has 0 amide bonds. The Kier molecular flexibility index (Phi) is 3.86. The van der Waals surface area contributed by atoms with E-state index in [2.05, 4.69) is 4.98 Å². The van der Waals surface area contributed by atoms with Gasteiger partial charge in [-0.25, -0.2) is 4.98 Å². The summed E-state index contributed by atoms with van der Waals surface area (Å²) in [6, 6.07) is -0.521. The van der Waals surface area contributed by atoms with Gasteiger partial charge in [0.05, 0.1) is 6.54 Å². The van der Waals surface area contributed by atoms with Crippen molar-refractivity contribution in [2.75, 3.05) is 13.1 Å². The molecule has 0 radical (unpaired) electrons. The molecule has 1 aromatic heterocycles. The first kappa shape index (κ1) is 12.2. The number of hydrogen-bond donors (Lipinski definition) is 1. The zero-order chi connectivity index (χ0) is 12.3. The van der Waals surface area contributed by atoms with Gasteiger partial charge in [0.2, 0.25) is 5.78 Å². The molecule has 1 fully saturated rings. The number of likely N-dealkylation sites (tertiary alicyclic amines) is 1. The standard InChI is InChI=1S/C11H14N2O3S/c14-9(10-12-4-6-17-10)7-13-5-2-1-3-8(13)11(15)16/h4,6,8H,1-3,5,7H2,(H,15,16). The Bertz CT molecular complexity index is 405. The summed E-state index contributed by atoms with van der Waals surface area (Å²) in [4.78, 5) is 28.6. The molecule has 0 bridgehead atoms. The molecule has 0 aliphatic carbocycles. The molecule has 1 aliphatic heterocycles. The SMILES string of the molecule is O=C(CN1CCCCC1C(=O)O)c1nccs1. The molecule has 2 heterocycles. The number of carbonyl (C=O) groups is 2. The first-order valence-corrected chi connectivity index (χ1v) is 6.46. The normalized spacial score (nSPS) is 21.3. The van der Waals surface area contributed by atoms with Gasteiger partial charge >= 0.3 is 5.97 Å². The van der Waals surface area contributed by atoms with Gasteiger partial charge in [0.15, 0.2) is 5.01 Å². The molecule has 0 saturated carbocycles. The molecule has 0 spiro atoms. The van der Waals surface area contributed by atoms with Crippen LogP contribution in [-0.4, -0.2) is 45.9 Å². The highest BCUT2D eigenvalue weighted by atomic mass is 32.1. The van der Waals surface area contributed by atoms with E-state index in [4.69, 9.17) is 5.11 Å². The lowest BCUT2D eigenvalue weighted by molar-refractivity contribution is -0.144. The van der Waals surface area contributed by atoms with Crippen LogP contribution >= 0.6 is 11.3 Å². The van der Waals surface area contributed by atoms with Gasteiger partial charge < -0.3 is 5.11 Å². The predicted octanol–water partition coefficient (Wildman–Crippen LogP) is 1.26. The maximum absolute atomic E-state index is 11.9. The van der Waals surface area contributed by atoms with Crippen LogP contribution in [0.2, 0.25) is 0 Å². The van der Waals surface area contributed by atoms with Crippen LogP contribution in [0.5, 0.6) is 0 Å². The minimum absolute atomic E-state index is 0.0897. The van der Waals surface area contributed by atoms with Gasteiger partial charge in [-0.15, -0.1) is 11.3 Å². The lowest BCUT2D eigenvalue weighted by Gasteiger charge is -2.31. The third kappa shape index (κ3) is 2.89. The summed E-state index contributed by atoms with van der Waals surface area (Å²) in [7, 11) is 0. The van der Waals surface area contributed by atoms with Crippen LogP contribution in [0.3, 0.4) is 0 Å². The maximum Gasteiger partial charge on any atom is 0.320 e. The average Bonchev–Trinajstić information content (AvgIpc) is 2.83. The van der Waals surface area contributed by atoms with Crippen molar-refractivity contribution < 1.29 is 14.7 Å². The number of hydrogen-bond acceptors (Lipinski definition) is 5. The maximum atomic E-state index is 11.9. The Balaban J connectivity index is 2.01. The zero-order valence-electron chi connectivity index (χ0n) is 9.33. The smallest absolute Gasteiger partial charge is 0.320 e. The fraction of sp³-hybridized carbons (Fsp3) is 0.545. The number of carboxylic acid groups (broad SMARTS) is 1. The summed E-state index contributed by atoms with van der Waals surface area (Å²) in [6.07, 6.45) is 4.08. The summed E-state index contributed by atoms with van der Waals surface area (Å²) < 4.78 is 0. The van der Waals surface area contributed by atoms with E-state index in [1.54, 1.807) is 16.5 Å². The molecule has 17 heavy (non-hydrogen) atoms. The highest BCUT2D eigenvalue weighted by Gasteiger charge is 2.30. The number of rotatable bonds is 4. The van der Waals surface area contributed by atoms with E-state index in [1.807, 2.05) is 0 Å². The van der Waals surface area contributed by atoms with Crippen molar-refractivity contribution in [3.8, 4) is 0 Å². The van der Waals surface area contributed by atoms with Gasteiger partial charge in [0.1, 0.15) is 6.04 Å². The summed E-state index contributed by atoms with van der Waals surface area (Å²) >= 11 is 1.29. The molecule has 1 atom stereocenters. The number of nitrogens with zero attached hydrogens (tertiary/aromatic N) is 2. The monoisotopic (exact) mass is 254 g/mol. The topological polar surface area (TPSA) is 70.5 Å². The van der Waals surface area contributed by atoms with Gasteiger partial charge in [0, 0.05) is 11.6 Å². The summed E-state index contributed by atoms with van der Waals surface area (Å²) in [5, 5.41) is 11.3. The summed E-state index contributed by atoms with van der Waals surface area (Å²) in [5.41, 5.74) is 0. The number of Topliss-reactive ketones (excluding diaryl/α,β-unsaturated/α-hetero) is 1. The van der Waals surface area contributed by atoms with E-state index in [0.717, 1.165) is 12.8 Å². The van der Waals surface area contributed by atoms with Gasteiger partial charge in [-0.05, 0) is 19.4 Å². The predicted molar refractivity (Wildman–Crippen MR) is 63.3 cm³/mol. The number of aromatic nitrogens is 1. The molecule has 2 rings (SSSR count). The van der Waals surface area contributed by atoms with Crippen LogP contribution in [0.4, 0.5) is 0 Å². The number of ketones is 1. The second-order valence-electron chi connectivity index (χ2n) is 4.08. The quantitative estimate of drug-likeness (QED) is 0.819. The first-order valence-electron chi connectivity index (χ1n) is 5.58. The van der Waals surface area contributed by atoms with Crippen LogP contribution in [0.15, 0.2) is 11.6 Å². The molecular formula is C11H14N2O3S. The van der Waals surface area contributed by atoms with E-state index in [0.29, 0.717) is 18.0 Å². The molecule has 1 saturated heterocycles. The van der Waals surface area contributed by atoms with Crippen LogP contribution in [0, 0.1) is 0 Å². The summed E-state index contributed by atoms with van der Waals surface area (Å²) in [5.74, 6) is -0.926. The van der Waals surface area contributed by atoms with Gasteiger partial charge in [-0.3, -0.25) is 14.5 Å². The van der Waals surface area contributed by atoms with Gasteiger partial charge in [-0.2, -0.15) is 0 Å². The van der Waals surface area contributed by atoms with Crippen molar-refractivity contribution in [1.29, 1.82) is 0 Å². The van der Waals surface area contributed by atoms with Crippen LogP contribution in [0.1, 0.15) is 29.1 Å². The Labute approximate surface area is 103 Å². The van der Waals surface area contributed by atoms with Crippen molar-refractivity contribution in [1.82, 2.24) is 9.88 Å². The second kappa shape index (κ2) is 5.37. The molecule has 5 nitrogen and oxygen atoms in total. The molecule has 1 unspecified atom stereocenters. The third-order valence-corrected chi connectivity index (χ3v) is 3.73. The Morgan fingerprint density at radius 1 is 1.53 bits per heavy atom. The largest absolute Gasteiger partial charge is 0.480 e. The lowest BCUT2D eigenvalue weighted by atomic mass is 10.0. The number of thiazole rings is 1. The van der Waals surface area contributed by atoms with Crippen molar-refractivity contribution in [2.24, 2.45) is 0 Å². The van der Waals surface area contributed by atoms with E-state index >= 15 is 0 Å². The number of carboxylic acids is 1. The van der Waals surface area contributed by atoms with Crippen LogP contribution in [0.25, 0.3) is 0 Å². The fourth-order valence-corrected chi connectivity index (χ4v) is 2.64. The average molecular weight is 254 g/mol. The van der Waals surface area contributed by atoms with Gasteiger partial charge in [-0.1, -0.05) is 6.42 Å². The Morgan fingerprint density at radius 3 is 3.00 bits per heavy atom. The third-order valence-electron chi connectivity index (χ3n) is 2.92. The van der Waals surface area contributed by atoms with Crippen molar-refractivity contribution >= 4 is 23.1 Å². The van der Waals surface area contributed by atoms with E-state index in [9.17, 15) is 9.59 Å². The highest BCUT2D eigenvalue weighted by Crippen LogP contribution is 2.18. The molecule has 1 aliphatic rings. The highest BCUT2D eigenvalue weighted by molar-refractivity contribution is 7.11. The number of carbonyl (C=O) groups excluding carboxylic acids is 1. The van der Waals surface area contributed by atoms with Crippen LogP contribution < -0.4 is 0 Å². The molecule has 6 heteroatoms. The Hall–Kier alpha value is -1.27. The van der Waals surface area contributed by atoms with Crippen LogP contribution in [-0.2, 0) is 4.79 Å². The molecule has 0 aromatic carbocycles. The number of aliphatic carboxylic acids is 1. The fourth-order valence-electron chi connectivity index (χ4n) is 2.07. The molecule has 1 aromatic rings. The van der Waals surface area contributed by atoms with Crippen molar-refractivity contribution in [3.05, 3.63) is 16.6 Å². The Morgan fingerprint density at radius 2 is 2.35 bits per heavy atom. The summed E-state index contributed by atoms with van der Waals surface area (Å²) in [6.45, 7) is 0.832. The van der Waals surface area contributed by atoms with Crippen molar-refractivity contribution in [2.45, 2.75) is 25.3 Å². The number of piperidine rings is 1. The molecular weight excluding hydrogens is 240 g/mol. The van der Waals surface area contributed by atoms with Crippen molar-refractivity contribution in [3.63, 3.8) is 0 Å². The van der Waals surface area contributed by atoms with E-state index in [1.165, 1.54) is 11.3 Å². The zero-order valence-corrected chi connectivity index (χ0v) is 10.2. The lowest BCUT2D eigenvalue weighted by Crippen LogP contribution is -2.46. The minimum Gasteiger partial charge on any atom is -0.480 e. The van der Waals surface area contributed by atoms with E-state index in [-0.39, 0.29) is 12.3 Å².